The van der Waals surface area contributed by atoms with Crippen molar-refractivity contribution in [3.63, 3.8) is 0 Å². The summed E-state index contributed by atoms with van der Waals surface area (Å²) in [4.78, 5) is 49.3. The number of halogens is 4. The van der Waals surface area contributed by atoms with Crippen LogP contribution in [-0.4, -0.2) is 54.3 Å². The van der Waals surface area contributed by atoms with E-state index in [0.29, 0.717) is 29.2 Å². The number of aryl methyl sites for hydroxylation is 1. The second kappa shape index (κ2) is 9.96. The molecule has 0 bridgehead atoms. The van der Waals surface area contributed by atoms with Gasteiger partial charge in [-0.1, -0.05) is 19.1 Å². The Morgan fingerprint density at radius 3 is 2.47 bits per heavy atom. The van der Waals surface area contributed by atoms with Gasteiger partial charge in [0.1, 0.15) is 24.1 Å². The normalized spacial score (nSPS) is 21.1. The first kappa shape index (κ1) is 28.4. The van der Waals surface area contributed by atoms with E-state index in [2.05, 4.69) is 20.4 Å². The van der Waals surface area contributed by atoms with Gasteiger partial charge in [0.25, 0.3) is 0 Å². The second-order valence-electron chi connectivity index (χ2n) is 11.4. The lowest BCUT2D eigenvalue weighted by Gasteiger charge is -2.27. The number of aromatic nitrogens is 4. The molecule has 1 saturated carbocycles. The first-order valence-corrected chi connectivity index (χ1v) is 13.5. The number of ketones is 1. The summed E-state index contributed by atoms with van der Waals surface area (Å²) >= 11 is 0. The van der Waals surface area contributed by atoms with Crippen LogP contribution in [-0.2, 0) is 22.3 Å². The number of amides is 2. The Balaban J connectivity index is 1.28. The number of carbonyl (C=O) groups excluding carboxylic acids is 3. The second-order valence-corrected chi connectivity index (χ2v) is 11.4. The molecule has 2 amide bonds. The number of hydrogen-bond donors (Lipinski definition) is 1. The van der Waals surface area contributed by atoms with Gasteiger partial charge in [-0.05, 0) is 55.0 Å². The summed E-state index contributed by atoms with van der Waals surface area (Å²) in [5, 5.41) is 7.21. The van der Waals surface area contributed by atoms with Crippen LogP contribution in [0.5, 0.6) is 0 Å². The molecule has 3 atom stereocenters. The topological polar surface area (TPSA) is 110 Å². The molecule has 0 spiro atoms. The Hall–Kier alpha value is -4.68. The van der Waals surface area contributed by atoms with E-state index in [0.717, 1.165) is 23.3 Å². The average molecular weight is 595 g/mol. The molecule has 1 unspecified atom stereocenters. The van der Waals surface area contributed by atoms with Crippen LogP contribution in [0, 0.1) is 18.2 Å². The van der Waals surface area contributed by atoms with E-state index in [1.54, 1.807) is 37.5 Å². The first-order valence-electron chi connectivity index (χ1n) is 13.5. The highest BCUT2D eigenvalue weighted by atomic mass is 19.4. The van der Waals surface area contributed by atoms with Gasteiger partial charge in [0.2, 0.25) is 11.8 Å². The van der Waals surface area contributed by atoms with Gasteiger partial charge in [-0.15, -0.1) is 0 Å². The van der Waals surface area contributed by atoms with E-state index in [-0.39, 0.29) is 35.9 Å². The van der Waals surface area contributed by atoms with Gasteiger partial charge in [-0.3, -0.25) is 19.1 Å². The standard InChI is InChI=1S/C30H26F4N6O3/c1-15(41)27-19-9-17(18-12-35-16(2)36-13-18)7-8-22(19)39(38-27)14-25(42)40-23(10-29(3)11-24(29)40)28(43)37-21-6-4-5-20(26(21)31)30(32,33)34/h4-9,12-13,23-24H,10-11,14H2,1-3H3,(H,37,43)/t23-,24?,29-/m0/s1. The van der Waals surface area contributed by atoms with Crippen LogP contribution >= 0.6 is 0 Å². The maximum Gasteiger partial charge on any atom is 0.419 e. The van der Waals surface area contributed by atoms with Crippen LogP contribution in [0.2, 0.25) is 0 Å². The molecule has 2 aliphatic rings. The number of carbonyl (C=O) groups is 3. The molecule has 2 aromatic heterocycles. The number of alkyl halides is 3. The van der Waals surface area contributed by atoms with Crippen molar-refractivity contribution in [1.29, 1.82) is 0 Å². The molecule has 2 aromatic carbocycles. The van der Waals surface area contributed by atoms with Crippen molar-refractivity contribution in [2.75, 3.05) is 5.32 Å². The molecule has 3 heterocycles. The average Bonchev–Trinajstić information content (AvgIpc) is 3.31. The van der Waals surface area contributed by atoms with Gasteiger partial charge in [0, 0.05) is 36.3 Å². The van der Waals surface area contributed by atoms with Gasteiger partial charge < -0.3 is 10.2 Å². The summed E-state index contributed by atoms with van der Waals surface area (Å²) in [5.41, 5.74) is -0.257. The lowest BCUT2D eigenvalue weighted by atomic mass is 10.0. The summed E-state index contributed by atoms with van der Waals surface area (Å²) in [5.74, 6) is -2.51. The van der Waals surface area contributed by atoms with E-state index >= 15 is 0 Å². The number of rotatable bonds is 6. The van der Waals surface area contributed by atoms with E-state index < -0.39 is 41.1 Å². The molecule has 13 heteroatoms. The van der Waals surface area contributed by atoms with Crippen molar-refractivity contribution in [2.24, 2.45) is 5.41 Å². The molecule has 1 aliphatic carbocycles. The lowest BCUT2D eigenvalue weighted by molar-refractivity contribution is -0.140. The highest BCUT2D eigenvalue weighted by Crippen LogP contribution is 2.59. The van der Waals surface area contributed by atoms with Crippen molar-refractivity contribution in [1.82, 2.24) is 24.6 Å². The largest absolute Gasteiger partial charge is 0.419 e. The van der Waals surface area contributed by atoms with Crippen molar-refractivity contribution in [3.8, 4) is 11.1 Å². The molecule has 0 radical (unpaired) electrons. The summed E-state index contributed by atoms with van der Waals surface area (Å²) in [6.07, 6.45) is -0.671. The molecule has 2 fully saturated rings. The zero-order valence-corrected chi connectivity index (χ0v) is 23.4. The van der Waals surface area contributed by atoms with Crippen molar-refractivity contribution < 1.29 is 31.9 Å². The molecule has 1 aliphatic heterocycles. The minimum atomic E-state index is -4.94. The Labute approximate surface area is 242 Å². The number of piperidine rings is 1. The number of nitrogens with zero attached hydrogens (tertiary/aromatic N) is 5. The van der Waals surface area contributed by atoms with Crippen LogP contribution in [0.25, 0.3) is 22.0 Å². The molecule has 43 heavy (non-hydrogen) atoms. The summed E-state index contributed by atoms with van der Waals surface area (Å²) in [6.45, 7) is 4.78. The summed E-state index contributed by atoms with van der Waals surface area (Å²) < 4.78 is 55.6. The fourth-order valence-corrected chi connectivity index (χ4v) is 5.91. The van der Waals surface area contributed by atoms with Crippen molar-refractivity contribution in [2.45, 2.75) is 58.4 Å². The van der Waals surface area contributed by atoms with Crippen LogP contribution in [0.3, 0.4) is 0 Å². The predicted molar refractivity (Wildman–Crippen MR) is 147 cm³/mol. The van der Waals surface area contributed by atoms with Crippen LogP contribution < -0.4 is 5.32 Å². The third kappa shape index (κ3) is 5.02. The Morgan fingerprint density at radius 2 is 1.79 bits per heavy atom. The molecule has 1 N–H and O–H groups in total. The van der Waals surface area contributed by atoms with Gasteiger partial charge in [-0.2, -0.15) is 18.3 Å². The Bertz CT molecular complexity index is 1800. The van der Waals surface area contributed by atoms with Crippen LogP contribution in [0.1, 0.15) is 48.6 Å². The van der Waals surface area contributed by atoms with E-state index in [1.807, 2.05) is 6.92 Å². The summed E-state index contributed by atoms with van der Waals surface area (Å²) in [6, 6.07) is 6.68. The molecular weight excluding hydrogens is 568 g/mol. The molecule has 222 valence electrons. The summed E-state index contributed by atoms with van der Waals surface area (Å²) in [7, 11) is 0. The number of hydrogen-bond acceptors (Lipinski definition) is 6. The van der Waals surface area contributed by atoms with Crippen LogP contribution in [0.15, 0.2) is 48.8 Å². The number of nitrogens with one attached hydrogen (secondary N) is 1. The zero-order valence-electron chi connectivity index (χ0n) is 23.4. The van der Waals surface area contributed by atoms with Gasteiger partial charge in [-0.25, -0.2) is 14.4 Å². The Morgan fingerprint density at radius 1 is 1.07 bits per heavy atom. The molecule has 1 saturated heterocycles. The monoisotopic (exact) mass is 594 g/mol. The minimum Gasteiger partial charge on any atom is -0.325 e. The van der Waals surface area contributed by atoms with E-state index in [9.17, 15) is 31.9 Å². The van der Waals surface area contributed by atoms with Gasteiger partial charge >= 0.3 is 6.18 Å². The SMILES string of the molecule is CC(=O)c1nn(CC(=O)N2C3C[C@]3(C)C[C@H]2C(=O)Nc2cccc(C(F)(F)F)c2F)c2ccc(-c3cnc(C)nc3)cc12. The van der Waals surface area contributed by atoms with Crippen molar-refractivity contribution in [3.05, 3.63) is 71.7 Å². The van der Waals surface area contributed by atoms with Crippen LogP contribution in [0.4, 0.5) is 23.2 Å². The minimum absolute atomic E-state index is 0.171. The van der Waals surface area contributed by atoms with E-state index in [4.69, 9.17) is 0 Å². The maximum absolute atomic E-state index is 14.6. The third-order valence-corrected chi connectivity index (χ3v) is 8.27. The zero-order chi connectivity index (χ0) is 30.8. The van der Waals surface area contributed by atoms with E-state index in [1.165, 1.54) is 16.5 Å². The molecule has 4 aromatic rings. The van der Waals surface area contributed by atoms with Gasteiger partial charge in [0.15, 0.2) is 11.6 Å². The van der Waals surface area contributed by atoms with Crippen molar-refractivity contribution >= 4 is 34.2 Å². The first-order chi connectivity index (χ1) is 20.3. The number of Topliss-reactive ketones (excluding diaryl/α,β-unsaturated/α-hetero) is 1. The van der Waals surface area contributed by atoms with Gasteiger partial charge in [0.05, 0.1) is 16.8 Å². The number of likely N-dealkylation sites (tertiary alicyclic amines) is 1. The number of anilines is 1. The maximum atomic E-state index is 14.6. The lowest BCUT2D eigenvalue weighted by Crippen LogP contribution is -2.46. The highest BCUT2D eigenvalue weighted by Gasteiger charge is 2.64. The molecule has 6 rings (SSSR count). The fraction of sp³-hybridized carbons (Fsp3) is 0.333. The quantitative estimate of drug-likeness (QED) is 0.243. The Kier molecular flexibility index (Phi) is 6.58. The fourth-order valence-electron chi connectivity index (χ4n) is 5.91. The predicted octanol–water partition coefficient (Wildman–Crippen LogP) is 5.18. The third-order valence-electron chi connectivity index (χ3n) is 8.27. The number of fused-ring (bicyclic) bond motifs is 2. The smallest absolute Gasteiger partial charge is 0.325 e. The molecule has 9 nitrogen and oxygen atoms in total. The number of benzene rings is 2. The highest BCUT2D eigenvalue weighted by molar-refractivity contribution is 6.06. The molecular formula is C30H26F4N6O3.